The first-order valence-electron chi connectivity index (χ1n) is 6.00. The van der Waals surface area contributed by atoms with Crippen molar-refractivity contribution in [3.05, 3.63) is 10.8 Å². The molecule has 2 unspecified atom stereocenters. The largest absolute Gasteiger partial charge is 0.485 e. The molecule has 0 radical (unpaired) electrons. The maximum atomic E-state index is 12.9. The van der Waals surface area contributed by atoms with Crippen LogP contribution in [0.1, 0.15) is 12.8 Å². The van der Waals surface area contributed by atoms with E-state index < -0.39 is 15.6 Å². The number of hydrogen-bond donors (Lipinski definition) is 1. The van der Waals surface area contributed by atoms with E-state index in [0.717, 1.165) is 5.75 Å². The van der Waals surface area contributed by atoms with Crippen molar-refractivity contribution < 1.29 is 31.6 Å². The SMILES string of the molecule is O=S(=O)(O)C(F)CCCOCC1COc2cscc2O1. The number of rotatable bonds is 7. The quantitative estimate of drug-likeness (QED) is 0.608. The van der Waals surface area contributed by atoms with E-state index in [9.17, 15) is 12.8 Å². The number of hydrogen-bond acceptors (Lipinski definition) is 6. The van der Waals surface area contributed by atoms with Gasteiger partial charge in [-0.3, -0.25) is 4.55 Å². The fourth-order valence-electron chi connectivity index (χ4n) is 1.65. The summed E-state index contributed by atoms with van der Waals surface area (Å²) in [6.45, 7) is 0.838. The molecule has 0 aliphatic carbocycles. The van der Waals surface area contributed by atoms with E-state index >= 15 is 0 Å². The molecular formula is C11H15FO6S2. The van der Waals surface area contributed by atoms with Crippen molar-refractivity contribution >= 4 is 21.5 Å². The third kappa shape index (κ3) is 4.30. The predicted octanol–water partition coefficient (Wildman–Crippen LogP) is 1.87. The normalized spacial score (nSPS) is 19.8. The van der Waals surface area contributed by atoms with Gasteiger partial charge >= 0.3 is 0 Å². The highest BCUT2D eigenvalue weighted by Crippen LogP contribution is 2.35. The number of alkyl halides is 1. The lowest BCUT2D eigenvalue weighted by molar-refractivity contribution is 0.00798. The molecule has 1 N–H and O–H groups in total. The molecule has 20 heavy (non-hydrogen) atoms. The van der Waals surface area contributed by atoms with Crippen LogP contribution in [0, 0.1) is 0 Å². The van der Waals surface area contributed by atoms with Gasteiger partial charge in [-0.1, -0.05) is 0 Å². The zero-order chi connectivity index (χ0) is 14.6. The Morgan fingerprint density at radius 2 is 2.25 bits per heavy atom. The number of fused-ring (bicyclic) bond motifs is 1. The molecule has 114 valence electrons. The minimum Gasteiger partial charge on any atom is -0.485 e. The van der Waals surface area contributed by atoms with Crippen LogP contribution in [0.15, 0.2) is 10.8 Å². The van der Waals surface area contributed by atoms with Crippen LogP contribution in [-0.4, -0.2) is 44.4 Å². The second kappa shape index (κ2) is 6.70. The molecule has 0 fully saturated rings. The molecule has 0 spiro atoms. The molecule has 0 saturated carbocycles. The van der Waals surface area contributed by atoms with Crippen molar-refractivity contribution in [1.29, 1.82) is 0 Å². The van der Waals surface area contributed by atoms with Crippen molar-refractivity contribution in [1.82, 2.24) is 0 Å². The minimum absolute atomic E-state index is 0.187. The summed E-state index contributed by atoms with van der Waals surface area (Å²) in [6.07, 6.45) is -0.340. The highest BCUT2D eigenvalue weighted by Gasteiger charge is 2.23. The second-order valence-electron chi connectivity index (χ2n) is 4.29. The molecule has 0 amide bonds. The molecule has 0 saturated heterocycles. The summed E-state index contributed by atoms with van der Waals surface area (Å²) in [7, 11) is -4.60. The average molecular weight is 326 g/mol. The van der Waals surface area contributed by atoms with Gasteiger partial charge < -0.3 is 14.2 Å². The van der Waals surface area contributed by atoms with Gasteiger partial charge in [0.2, 0.25) is 5.50 Å². The highest BCUT2D eigenvalue weighted by atomic mass is 32.2. The lowest BCUT2D eigenvalue weighted by atomic mass is 10.3. The van der Waals surface area contributed by atoms with Crippen molar-refractivity contribution in [2.75, 3.05) is 19.8 Å². The lowest BCUT2D eigenvalue weighted by Crippen LogP contribution is -2.33. The Bertz CT molecular complexity index is 529. The Morgan fingerprint density at radius 3 is 3.00 bits per heavy atom. The van der Waals surface area contributed by atoms with Crippen molar-refractivity contribution in [2.45, 2.75) is 24.4 Å². The van der Waals surface area contributed by atoms with E-state index in [1.807, 2.05) is 10.8 Å². The third-order valence-electron chi connectivity index (χ3n) is 2.66. The van der Waals surface area contributed by atoms with Crippen LogP contribution < -0.4 is 9.47 Å². The highest BCUT2D eigenvalue weighted by molar-refractivity contribution is 7.86. The Morgan fingerprint density at radius 1 is 1.50 bits per heavy atom. The summed E-state index contributed by atoms with van der Waals surface area (Å²) in [6, 6.07) is 0. The van der Waals surface area contributed by atoms with Gasteiger partial charge in [-0.25, -0.2) is 4.39 Å². The van der Waals surface area contributed by atoms with Gasteiger partial charge in [0.1, 0.15) is 6.61 Å². The standard InChI is InChI=1S/C11H15FO6S2/c12-11(20(13,14)15)2-1-3-16-4-8-5-17-9-6-19-7-10(9)18-8/h6-8,11H,1-5H2,(H,13,14,15). The molecular weight excluding hydrogens is 311 g/mol. The molecule has 0 bridgehead atoms. The molecule has 1 aliphatic heterocycles. The third-order valence-corrected chi connectivity index (χ3v) is 4.24. The van der Waals surface area contributed by atoms with Crippen LogP contribution >= 0.6 is 11.3 Å². The molecule has 9 heteroatoms. The van der Waals surface area contributed by atoms with Crippen molar-refractivity contribution in [2.24, 2.45) is 0 Å². The zero-order valence-electron chi connectivity index (χ0n) is 10.5. The molecule has 2 rings (SSSR count). The Kier molecular flexibility index (Phi) is 5.19. The maximum Gasteiger partial charge on any atom is 0.297 e. The summed E-state index contributed by atoms with van der Waals surface area (Å²) in [5, 5.41) is 3.68. The molecule has 1 aliphatic rings. The predicted molar refractivity (Wildman–Crippen MR) is 70.7 cm³/mol. The first-order chi connectivity index (χ1) is 9.47. The van der Waals surface area contributed by atoms with Crippen LogP contribution in [0.2, 0.25) is 0 Å². The summed E-state index contributed by atoms with van der Waals surface area (Å²) in [4.78, 5) is 0. The minimum atomic E-state index is -4.60. The molecule has 1 aromatic heterocycles. The van der Waals surface area contributed by atoms with Gasteiger partial charge in [0.25, 0.3) is 10.1 Å². The Balaban J connectivity index is 1.61. The molecule has 2 heterocycles. The van der Waals surface area contributed by atoms with Gasteiger partial charge in [-0.05, 0) is 12.8 Å². The molecule has 1 aromatic rings. The van der Waals surface area contributed by atoms with Crippen molar-refractivity contribution in [3.8, 4) is 11.5 Å². The lowest BCUT2D eigenvalue weighted by Gasteiger charge is -2.24. The fourth-order valence-corrected chi connectivity index (χ4v) is 2.79. The van der Waals surface area contributed by atoms with E-state index in [1.165, 1.54) is 11.3 Å². The van der Waals surface area contributed by atoms with E-state index in [0.29, 0.717) is 12.4 Å². The van der Waals surface area contributed by atoms with E-state index in [1.54, 1.807) is 0 Å². The Labute approximate surface area is 120 Å². The second-order valence-corrected chi connectivity index (χ2v) is 6.58. The smallest absolute Gasteiger partial charge is 0.297 e. The zero-order valence-corrected chi connectivity index (χ0v) is 12.2. The summed E-state index contributed by atoms with van der Waals surface area (Å²) < 4.78 is 58.5. The number of ether oxygens (including phenoxy) is 3. The topological polar surface area (TPSA) is 82.1 Å². The van der Waals surface area contributed by atoms with Gasteiger partial charge in [0.05, 0.1) is 6.61 Å². The maximum absolute atomic E-state index is 12.9. The van der Waals surface area contributed by atoms with Crippen LogP contribution in [0.4, 0.5) is 4.39 Å². The number of thiophene rings is 1. The van der Waals surface area contributed by atoms with Gasteiger partial charge in [-0.15, -0.1) is 11.3 Å². The molecule has 6 nitrogen and oxygen atoms in total. The van der Waals surface area contributed by atoms with Crippen LogP contribution in [0.3, 0.4) is 0 Å². The summed E-state index contributed by atoms with van der Waals surface area (Å²) >= 11 is 1.48. The van der Waals surface area contributed by atoms with Crippen LogP contribution in [0.25, 0.3) is 0 Å². The van der Waals surface area contributed by atoms with Crippen LogP contribution in [0.5, 0.6) is 11.5 Å². The first-order valence-corrected chi connectivity index (χ1v) is 8.45. The van der Waals surface area contributed by atoms with E-state index in [-0.39, 0.29) is 32.2 Å². The summed E-state index contributed by atoms with van der Waals surface area (Å²) in [5.41, 5.74) is -2.26. The Hall–Kier alpha value is -0.900. The molecule has 0 aromatic carbocycles. The number of halogens is 1. The van der Waals surface area contributed by atoms with Gasteiger partial charge in [-0.2, -0.15) is 8.42 Å². The van der Waals surface area contributed by atoms with E-state index in [4.69, 9.17) is 18.8 Å². The average Bonchev–Trinajstić information content (AvgIpc) is 2.84. The van der Waals surface area contributed by atoms with Gasteiger partial charge in [0.15, 0.2) is 17.6 Å². The fraction of sp³-hybridized carbons (Fsp3) is 0.636. The van der Waals surface area contributed by atoms with Crippen LogP contribution in [-0.2, 0) is 14.9 Å². The first kappa shape index (κ1) is 15.5. The van der Waals surface area contributed by atoms with Gasteiger partial charge in [0, 0.05) is 17.4 Å². The van der Waals surface area contributed by atoms with E-state index in [2.05, 4.69) is 0 Å². The monoisotopic (exact) mass is 326 g/mol. The van der Waals surface area contributed by atoms with Crippen molar-refractivity contribution in [3.63, 3.8) is 0 Å². The molecule has 2 atom stereocenters. The summed E-state index contributed by atoms with van der Waals surface area (Å²) in [5.74, 6) is 1.41.